The first-order valence-corrected chi connectivity index (χ1v) is 6.73. The van der Waals surface area contributed by atoms with Crippen molar-refractivity contribution < 1.29 is 4.74 Å². The topological polar surface area (TPSA) is 38.5 Å². The Hall–Kier alpha value is -0.130. The minimum atomic E-state index is 0.0923. The van der Waals surface area contributed by atoms with Crippen LogP contribution in [0.4, 0.5) is 0 Å². The molecule has 2 atom stereocenters. The lowest BCUT2D eigenvalue weighted by atomic mass is 10.1. The summed E-state index contributed by atoms with van der Waals surface area (Å²) in [5, 5.41) is 2.80. The molecule has 1 aromatic rings. The van der Waals surface area contributed by atoms with Gasteiger partial charge in [-0.25, -0.2) is 0 Å². The summed E-state index contributed by atoms with van der Waals surface area (Å²) in [5.41, 5.74) is 5.86. The fraction of sp³-hybridized carbons (Fsp3) is 0.636. The van der Waals surface area contributed by atoms with E-state index in [4.69, 9.17) is 22.1 Å². The van der Waals surface area contributed by atoms with Gasteiger partial charge >= 0.3 is 0 Å². The van der Waals surface area contributed by atoms with Gasteiger partial charge in [0.15, 0.2) is 0 Å². The molecule has 2 N–H and O–H groups in total. The van der Waals surface area contributed by atoms with Crippen LogP contribution in [0.25, 0.3) is 0 Å². The Bertz CT molecular complexity index is 342. The van der Waals surface area contributed by atoms with Crippen molar-refractivity contribution in [2.24, 2.45) is 5.73 Å². The van der Waals surface area contributed by atoms with Gasteiger partial charge in [0.05, 0.1) is 17.7 Å². The number of nitrogens with two attached hydrogens (primary N) is 1. The number of ether oxygens (including phenoxy) is 1. The number of thiophene rings is 1. The van der Waals surface area contributed by atoms with Crippen LogP contribution in [-0.2, 0) is 11.3 Å². The van der Waals surface area contributed by atoms with Crippen LogP contribution in [0.5, 0.6) is 0 Å². The molecule has 1 aliphatic heterocycles. The fourth-order valence-corrected chi connectivity index (χ4v) is 2.96. The molecule has 0 saturated carbocycles. The summed E-state index contributed by atoms with van der Waals surface area (Å²) in [7, 11) is 0. The van der Waals surface area contributed by atoms with E-state index in [1.807, 2.05) is 18.4 Å². The van der Waals surface area contributed by atoms with E-state index in [1.54, 1.807) is 11.3 Å². The van der Waals surface area contributed by atoms with E-state index in [1.165, 1.54) is 4.88 Å². The molecule has 16 heavy (non-hydrogen) atoms. The van der Waals surface area contributed by atoms with Crippen molar-refractivity contribution in [1.29, 1.82) is 0 Å². The van der Waals surface area contributed by atoms with Gasteiger partial charge in [-0.3, -0.25) is 4.90 Å². The Kier molecular flexibility index (Phi) is 4.21. The van der Waals surface area contributed by atoms with Gasteiger partial charge in [-0.1, -0.05) is 11.6 Å². The van der Waals surface area contributed by atoms with Crippen LogP contribution in [0.1, 0.15) is 11.8 Å². The van der Waals surface area contributed by atoms with Crippen LogP contribution in [0.2, 0.25) is 5.02 Å². The maximum atomic E-state index is 5.90. The highest BCUT2D eigenvalue weighted by molar-refractivity contribution is 7.10. The summed E-state index contributed by atoms with van der Waals surface area (Å²) < 4.78 is 5.62. The van der Waals surface area contributed by atoms with Crippen molar-refractivity contribution in [3.8, 4) is 0 Å². The number of nitrogens with zero attached hydrogens (tertiary/aromatic N) is 1. The monoisotopic (exact) mass is 260 g/mol. The summed E-state index contributed by atoms with van der Waals surface area (Å²) in [6.45, 7) is 5.59. The molecule has 90 valence electrons. The molecule has 3 nitrogen and oxygen atoms in total. The van der Waals surface area contributed by atoms with E-state index in [0.29, 0.717) is 0 Å². The number of halogens is 1. The van der Waals surface area contributed by atoms with Crippen LogP contribution in [0, 0.1) is 0 Å². The maximum absolute atomic E-state index is 5.90. The Morgan fingerprint density at radius 1 is 1.75 bits per heavy atom. The summed E-state index contributed by atoms with van der Waals surface area (Å²) in [4.78, 5) is 3.68. The summed E-state index contributed by atoms with van der Waals surface area (Å²) >= 11 is 7.61. The highest BCUT2D eigenvalue weighted by Crippen LogP contribution is 2.21. The zero-order valence-electron chi connectivity index (χ0n) is 9.36. The van der Waals surface area contributed by atoms with E-state index in [-0.39, 0.29) is 12.1 Å². The summed E-state index contributed by atoms with van der Waals surface area (Å²) in [6.07, 6.45) is 0.157. The van der Waals surface area contributed by atoms with Crippen molar-refractivity contribution in [2.45, 2.75) is 25.6 Å². The van der Waals surface area contributed by atoms with E-state index in [0.717, 1.165) is 31.3 Å². The van der Waals surface area contributed by atoms with Gasteiger partial charge < -0.3 is 10.5 Å². The SMILES string of the molecule is CC(N)C1CN(Cc2cc(Cl)cs2)CCO1. The number of morpholine rings is 1. The first kappa shape index (κ1) is 12.3. The van der Waals surface area contributed by atoms with Crippen molar-refractivity contribution in [3.63, 3.8) is 0 Å². The van der Waals surface area contributed by atoms with Crippen LogP contribution in [0.3, 0.4) is 0 Å². The maximum Gasteiger partial charge on any atom is 0.0850 e. The lowest BCUT2D eigenvalue weighted by Gasteiger charge is -2.34. The molecule has 1 fully saturated rings. The van der Waals surface area contributed by atoms with Crippen molar-refractivity contribution >= 4 is 22.9 Å². The van der Waals surface area contributed by atoms with Crippen molar-refractivity contribution in [3.05, 3.63) is 21.3 Å². The molecular weight excluding hydrogens is 244 g/mol. The molecule has 1 aliphatic rings. The Morgan fingerprint density at radius 3 is 3.19 bits per heavy atom. The lowest BCUT2D eigenvalue weighted by Crippen LogP contribution is -2.49. The van der Waals surface area contributed by atoms with Crippen molar-refractivity contribution in [1.82, 2.24) is 4.90 Å². The molecule has 2 heterocycles. The van der Waals surface area contributed by atoms with Crippen molar-refractivity contribution in [2.75, 3.05) is 19.7 Å². The number of rotatable bonds is 3. The second-order valence-electron chi connectivity index (χ2n) is 4.23. The second-order valence-corrected chi connectivity index (χ2v) is 5.67. The number of hydrogen-bond acceptors (Lipinski definition) is 4. The third-order valence-corrected chi connectivity index (χ3v) is 4.03. The Labute approximate surface area is 105 Å². The molecule has 1 saturated heterocycles. The van der Waals surface area contributed by atoms with Crippen LogP contribution in [-0.4, -0.2) is 36.7 Å². The lowest BCUT2D eigenvalue weighted by molar-refractivity contribution is -0.0400. The zero-order chi connectivity index (χ0) is 11.5. The first-order chi connectivity index (χ1) is 7.65. The molecule has 5 heteroatoms. The minimum Gasteiger partial charge on any atom is -0.374 e. The third-order valence-electron chi connectivity index (χ3n) is 2.77. The predicted octanol–water partition coefficient (Wildman–Crippen LogP) is 1.95. The van der Waals surface area contributed by atoms with E-state index in [2.05, 4.69) is 4.90 Å². The molecule has 0 aliphatic carbocycles. The fourth-order valence-electron chi connectivity index (χ4n) is 1.85. The first-order valence-electron chi connectivity index (χ1n) is 5.47. The standard InChI is InChI=1S/C11H17ClN2OS/c1-8(13)11-6-14(2-3-15-11)5-10-4-9(12)7-16-10/h4,7-8,11H,2-3,5-6,13H2,1H3. The number of hydrogen-bond donors (Lipinski definition) is 1. The van der Waals surface area contributed by atoms with E-state index in [9.17, 15) is 0 Å². The van der Waals surface area contributed by atoms with E-state index < -0.39 is 0 Å². The molecule has 2 rings (SSSR count). The van der Waals surface area contributed by atoms with Crippen LogP contribution in [0.15, 0.2) is 11.4 Å². The molecule has 0 amide bonds. The van der Waals surface area contributed by atoms with Gasteiger partial charge in [-0.05, 0) is 13.0 Å². The van der Waals surface area contributed by atoms with Gasteiger partial charge in [0.2, 0.25) is 0 Å². The molecule has 0 spiro atoms. The normalized spacial score (nSPS) is 24.6. The summed E-state index contributed by atoms with van der Waals surface area (Å²) in [5.74, 6) is 0. The largest absolute Gasteiger partial charge is 0.374 e. The van der Waals surface area contributed by atoms with Gasteiger partial charge in [0.25, 0.3) is 0 Å². The van der Waals surface area contributed by atoms with Gasteiger partial charge in [0, 0.05) is 35.9 Å². The van der Waals surface area contributed by atoms with Gasteiger partial charge in [0.1, 0.15) is 0 Å². The molecule has 0 aromatic carbocycles. The quantitative estimate of drug-likeness (QED) is 0.903. The van der Waals surface area contributed by atoms with Gasteiger partial charge in [-0.2, -0.15) is 0 Å². The molecule has 2 unspecified atom stereocenters. The predicted molar refractivity (Wildman–Crippen MR) is 68.0 cm³/mol. The Balaban J connectivity index is 1.90. The zero-order valence-corrected chi connectivity index (χ0v) is 10.9. The summed E-state index contributed by atoms with van der Waals surface area (Å²) in [6, 6.07) is 2.12. The van der Waals surface area contributed by atoms with Crippen LogP contribution >= 0.6 is 22.9 Å². The van der Waals surface area contributed by atoms with Crippen LogP contribution < -0.4 is 5.73 Å². The molecular formula is C11H17ClN2OS. The van der Waals surface area contributed by atoms with Gasteiger partial charge in [-0.15, -0.1) is 11.3 Å². The highest BCUT2D eigenvalue weighted by Gasteiger charge is 2.23. The van der Waals surface area contributed by atoms with E-state index >= 15 is 0 Å². The third kappa shape index (κ3) is 3.18. The average molecular weight is 261 g/mol. The second kappa shape index (κ2) is 5.47. The highest BCUT2D eigenvalue weighted by atomic mass is 35.5. The Morgan fingerprint density at radius 2 is 2.56 bits per heavy atom. The minimum absolute atomic E-state index is 0.0923. The smallest absolute Gasteiger partial charge is 0.0850 e. The molecule has 0 radical (unpaired) electrons. The average Bonchev–Trinajstić information content (AvgIpc) is 2.64. The molecule has 1 aromatic heterocycles. The molecule has 0 bridgehead atoms.